The van der Waals surface area contributed by atoms with Gasteiger partial charge in [0.15, 0.2) is 0 Å². The van der Waals surface area contributed by atoms with Crippen molar-refractivity contribution in [3.63, 3.8) is 0 Å². The number of Topliss-reactive ketones (excluding diaryl/α,β-unsaturated/α-hetero) is 1. The van der Waals surface area contributed by atoms with E-state index in [2.05, 4.69) is 4.98 Å². The van der Waals surface area contributed by atoms with E-state index in [0.29, 0.717) is 11.3 Å². The fourth-order valence-electron chi connectivity index (χ4n) is 3.74. The molecule has 0 bridgehead atoms. The molecule has 1 saturated heterocycles. The molecule has 0 spiro atoms. The highest BCUT2D eigenvalue weighted by molar-refractivity contribution is 6.46. The van der Waals surface area contributed by atoms with E-state index < -0.39 is 29.3 Å². The third kappa shape index (κ3) is 3.66. The summed E-state index contributed by atoms with van der Waals surface area (Å²) >= 11 is 0. The maximum atomic E-state index is 14.8. The number of hydrogen-bond donors (Lipinski definition) is 1. The van der Waals surface area contributed by atoms with Crippen molar-refractivity contribution < 1.29 is 23.8 Å². The molecule has 0 radical (unpaired) electrons. The average molecular weight is 418 g/mol. The highest BCUT2D eigenvalue weighted by atomic mass is 19.1. The average Bonchev–Trinajstić information content (AvgIpc) is 3.04. The molecule has 6 nitrogen and oxygen atoms in total. The van der Waals surface area contributed by atoms with E-state index in [0.717, 1.165) is 0 Å². The van der Waals surface area contributed by atoms with Crippen molar-refractivity contribution >= 4 is 17.4 Å². The van der Waals surface area contributed by atoms with Crippen molar-refractivity contribution in [3.05, 3.63) is 101 Å². The molecule has 2 heterocycles. The molecule has 1 aliphatic heterocycles. The molecule has 1 unspecified atom stereocenters. The number of ether oxygens (including phenoxy) is 1. The number of benzene rings is 2. The number of aliphatic hydroxyl groups excluding tert-OH is 1. The minimum atomic E-state index is -1.11. The summed E-state index contributed by atoms with van der Waals surface area (Å²) in [6, 6.07) is 14.8. The number of rotatable bonds is 5. The molecule has 4 rings (SSSR count). The Morgan fingerprint density at radius 3 is 2.55 bits per heavy atom. The van der Waals surface area contributed by atoms with Crippen molar-refractivity contribution in [2.75, 3.05) is 7.11 Å². The zero-order chi connectivity index (χ0) is 22.0. The Morgan fingerprint density at radius 1 is 1.10 bits per heavy atom. The monoisotopic (exact) mass is 418 g/mol. The molecule has 1 atom stereocenters. The predicted octanol–water partition coefficient (Wildman–Crippen LogP) is 3.85. The quantitative estimate of drug-likeness (QED) is 0.387. The molecule has 2 aromatic carbocycles. The van der Waals surface area contributed by atoms with Gasteiger partial charge >= 0.3 is 0 Å². The van der Waals surface area contributed by atoms with Crippen LogP contribution < -0.4 is 4.74 Å². The second-order valence-corrected chi connectivity index (χ2v) is 7.01. The second kappa shape index (κ2) is 8.39. The third-order valence-corrected chi connectivity index (χ3v) is 5.18. The van der Waals surface area contributed by atoms with Crippen molar-refractivity contribution in [3.8, 4) is 5.75 Å². The van der Waals surface area contributed by atoms with Crippen LogP contribution in [-0.4, -0.2) is 33.8 Å². The number of halogens is 1. The molecule has 0 saturated carbocycles. The molecular weight excluding hydrogens is 399 g/mol. The van der Waals surface area contributed by atoms with E-state index in [1.165, 1.54) is 30.2 Å². The maximum Gasteiger partial charge on any atom is 0.295 e. The van der Waals surface area contributed by atoms with Crippen molar-refractivity contribution in [1.82, 2.24) is 9.88 Å². The summed E-state index contributed by atoms with van der Waals surface area (Å²) in [5.41, 5.74) is 0.833. The number of methoxy groups -OCH3 is 1. The van der Waals surface area contributed by atoms with Gasteiger partial charge in [-0.2, -0.15) is 0 Å². The van der Waals surface area contributed by atoms with Crippen molar-refractivity contribution in [1.29, 1.82) is 0 Å². The Kier molecular flexibility index (Phi) is 5.49. The Hall–Kier alpha value is -4.00. The summed E-state index contributed by atoms with van der Waals surface area (Å²) < 4.78 is 20.1. The summed E-state index contributed by atoms with van der Waals surface area (Å²) in [6.45, 7) is 0.0279. The number of hydrogen-bond acceptors (Lipinski definition) is 5. The fraction of sp³-hybridized carbons (Fsp3) is 0.125. The van der Waals surface area contributed by atoms with Crippen molar-refractivity contribution in [2.24, 2.45) is 0 Å². The Balaban J connectivity index is 1.92. The lowest BCUT2D eigenvalue weighted by molar-refractivity contribution is -0.140. The van der Waals surface area contributed by atoms with Gasteiger partial charge in [-0.15, -0.1) is 0 Å². The van der Waals surface area contributed by atoms with Crippen LogP contribution in [0.2, 0.25) is 0 Å². The first-order valence-electron chi connectivity index (χ1n) is 9.58. The van der Waals surface area contributed by atoms with Crippen LogP contribution in [0.4, 0.5) is 4.39 Å². The number of carbonyl (C=O) groups excluding carboxylic acids is 2. The molecule has 0 aliphatic carbocycles. The van der Waals surface area contributed by atoms with E-state index in [1.807, 2.05) is 0 Å². The lowest BCUT2D eigenvalue weighted by Crippen LogP contribution is -2.29. The van der Waals surface area contributed by atoms with Gasteiger partial charge in [-0.05, 0) is 29.8 Å². The fourth-order valence-corrected chi connectivity index (χ4v) is 3.74. The van der Waals surface area contributed by atoms with Gasteiger partial charge in [0, 0.05) is 24.5 Å². The Morgan fingerprint density at radius 2 is 1.84 bits per heavy atom. The van der Waals surface area contributed by atoms with Crippen LogP contribution in [0.1, 0.15) is 22.7 Å². The maximum absolute atomic E-state index is 14.8. The van der Waals surface area contributed by atoms with Gasteiger partial charge in [0.1, 0.15) is 17.3 Å². The standard InChI is InChI=1S/C24H19FN2O4/c1-31-19-11-5-3-9-17(19)22(28)20-21(16-8-2-4-10-18(16)25)27(24(30)23(20)29)14-15-7-6-12-26-13-15/h2-13,21,28H,14H2,1H3/b22-20+. The van der Waals surface area contributed by atoms with E-state index in [4.69, 9.17) is 4.74 Å². The lowest BCUT2D eigenvalue weighted by Gasteiger charge is -2.25. The SMILES string of the molecule is COc1ccccc1/C(O)=C1\C(=O)C(=O)N(Cc2cccnc2)C1c1ccccc1F. The highest BCUT2D eigenvalue weighted by Gasteiger charge is 2.47. The second-order valence-electron chi connectivity index (χ2n) is 7.01. The van der Waals surface area contributed by atoms with Gasteiger partial charge in [-0.25, -0.2) is 4.39 Å². The summed E-state index contributed by atoms with van der Waals surface area (Å²) in [7, 11) is 1.43. The number of aliphatic hydroxyl groups is 1. The molecular formula is C24H19FN2O4. The molecule has 1 aromatic heterocycles. The zero-order valence-corrected chi connectivity index (χ0v) is 16.7. The smallest absolute Gasteiger partial charge is 0.295 e. The number of amides is 1. The zero-order valence-electron chi connectivity index (χ0n) is 16.7. The summed E-state index contributed by atoms with van der Waals surface area (Å²) in [5, 5.41) is 11.1. The molecule has 1 aliphatic rings. The minimum Gasteiger partial charge on any atom is -0.507 e. The van der Waals surface area contributed by atoms with Crippen LogP contribution in [0.15, 0.2) is 78.6 Å². The van der Waals surface area contributed by atoms with Crippen LogP contribution in [0.25, 0.3) is 5.76 Å². The normalized spacial score (nSPS) is 17.7. The van der Waals surface area contributed by atoms with Crippen LogP contribution in [0.5, 0.6) is 5.75 Å². The van der Waals surface area contributed by atoms with E-state index >= 15 is 0 Å². The summed E-state index contributed by atoms with van der Waals surface area (Å²) in [4.78, 5) is 31.3. The first-order chi connectivity index (χ1) is 15.0. The number of para-hydroxylation sites is 1. The van der Waals surface area contributed by atoms with Crippen LogP contribution in [-0.2, 0) is 16.1 Å². The predicted molar refractivity (Wildman–Crippen MR) is 111 cm³/mol. The van der Waals surface area contributed by atoms with E-state index in [9.17, 15) is 19.1 Å². The number of aromatic nitrogens is 1. The number of pyridine rings is 1. The third-order valence-electron chi connectivity index (χ3n) is 5.18. The number of likely N-dealkylation sites (tertiary alicyclic amines) is 1. The van der Waals surface area contributed by atoms with Crippen LogP contribution in [0.3, 0.4) is 0 Å². The summed E-state index contributed by atoms with van der Waals surface area (Å²) in [5.74, 6) is -2.39. The Labute approximate surface area is 178 Å². The van der Waals surface area contributed by atoms with Crippen LogP contribution in [0, 0.1) is 5.82 Å². The van der Waals surface area contributed by atoms with Gasteiger partial charge in [0.2, 0.25) is 0 Å². The first kappa shape index (κ1) is 20.3. The van der Waals surface area contributed by atoms with Gasteiger partial charge < -0.3 is 14.7 Å². The molecule has 31 heavy (non-hydrogen) atoms. The Bertz CT molecular complexity index is 1180. The minimum absolute atomic E-state index is 0.0279. The van der Waals surface area contributed by atoms with Crippen molar-refractivity contribution in [2.45, 2.75) is 12.6 Å². The molecule has 7 heteroatoms. The summed E-state index contributed by atoms with van der Waals surface area (Å²) in [6.07, 6.45) is 3.16. The lowest BCUT2D eigenvalue weighted by atomic mass is 9.94. The number of carbonyl (C=O) groups is 2. The topological polar surface area (TPSA) is 79.7 Å². The van der Waals surface area contributed by atoms with E-state index in [-0.39, 0.29) is 23.2 Å². The van der Waals surface area contributed by atoms with Gasteiger partial charge in [-0.1, -0.05) is 36.4 Å². The molecule has 1 amide bonds. The first-order valence-corrected chi connectivity index (χ1v) is 9.58. The van der Waals surface area contributed by atoms with Gasteiger partial charge in [0.05, 0.1) is 24.3 Å². The number of ketones is 1. The van der Waals surface area contributed by atoms with E-state index in [1.54, 1.807) is 54.9 Å². The highest BCUT2D eigenvalue weighted by Crippen LogP contribution is 2.42. The molecule has 3 aromatic rings. The van der Waals surface area contributed by atoms with Gasteiger partial charge in [0.25, 0.3) is 11.7 Å². The number of nitrogens with zero attached hydrogens (tertiary/aromatic N) is 2. The molecule has 1 N–H and O–H groups in total. The van der Waals surface area contributed by atoms with Crippen LogP contribution >= 0.6 is 0 Å². The molecule has 1 fully saturated rings. The molecule has 156 valence electrons. The largest absolute Gasteiger partial charge is 0.507 e. The van der Waals surface area contributed by atoms with Gasteiger partial charge in [-0.3, -0.25) is 14.6 Å².